The molecule has 0 aliphatic carbocycles. The lowest BCUT2D eigenvalue weighted by atomic mass is 10.2. The van der Waals surface area contributed by atoms with Gasteiger partial charge in [0, 0.05) is 6.92 Å². The number of nitrogens with zero attached hydrogens (tertiary/aromatic N) is 4. The first-order valence-corrected chi connectivity index (χ1v) is 8.09. The van der Waals surface area contributed by atoms with E-state index in [1.807, 2.05) is 0 Å². The van der Waals surface area contributed by atoms with Crippen molar-refractivity contribution in [1.82, 2.24) is 9.78 Å². The summed E-state index contributed by atoms with van der Waals surface area (Å²) in [6.45, 7) is 3.83. The molecule has 1 aromatic heterocycles. The van der Waals surface area contributed by atoms with Gasteiger partial charge in [0.15, 0.2) is 11.5 Å². The molecule has 0 aliphatic heterocycles. The number of alkyl halides is 5. The Morgan fingerprint density at radius 1 is 1.23 bits per heavy atom. The van der Waals surface area contributed by atoms with Gasteiger partial charge in [-0.05, 0) is 30.6 Å². The Bertz CT molecular complexity index is 889. The molecule has 0 amide bonds. The van der Waals surface area contributed by atoms with E-state index in [4.69, 9.17) is 28.5 Å². The van der Waals surface area contributed by atoms with Crippen LogP contribution in [0.2, 0.25) is 10.0 Å². The molecule has 0 fully saturated rings. The Morgan fingerprint density at radius 3 is 2.15 bits per heavy atom. The highest BCUT2D eigenvalue weighted by Gasteiger charge is 2.34. The molecular formula is C14H7Cl2F5N4S. The third kappa shape index (κ3) is 4.11. The van der Waals surface area contributed by atoms with Crippen LogP contribution in [0.15, 0.2) is 22.0 Å². The summed E-state index contributed by atoms with van der Waals surface area (Å²) < 4.78 is 66.1. The molecule has 0 unspecified atom stereocenters. The molecular weight excluding hydrogens is 422 g/mol. The van der Waals surface area contributed by atoms with Gasteiger partial charge in [-0.1, -0.05) is 23.2 Å². The van der Waals surface area contributed by atoms with Crippen molar-refractivity contribution in [3.05, 3.63) is 33.4 Å². The molecule has 0 atom stereocenters. The summed E-state index contributed by atoms with van der Waals surface area (Å²) in [5.41, 5.74) is -1.77. The van der Waals surface area contributed by atoms with Crippen LogP contribution in [0.4, 0.5) is 27.8 Å². The molecule has 2 rings (SSSR count). The molecule has 2 aromatic rings. The van der Waals surface area contributed by atoms with Crippen LogP contribution in [-0.2, 0) is 6.18 Å². The fraction of sp³-hybridized carbons (Fsp3) is 0.214. The molecule has 0 N–H and O–H groups in total. The number of nitriles is 1. The summed E-state index contributed by atoms with van der Waals surface area (Å²) >= 11 is 11.8. The molecule has 26 heavy (non-hydrogen) atoms. The third-order valence-corrected chi connectivity index (χ3v) is 4.43. The zero-order valence-corrected chi connectivity index (χ0v) is 15.0. The van der Waals surface area contributed by atoms with Crippen molar-refractivity contribution < 1.29 is 22.0 Å². The van der Waals surface area contributed by atoms with Gasteiger partial charge in [0.05, 0.1) is 20.5 Å². The van der Waals surface area contributed by atoms with E-state index in [-0.39, 0.29) is 28.2 Å². The van der Waals surface area contributed by atoms with Crippen LogP contribution in [-0.4, -0.2) is 21.8 Å². The van der Waals surface area contributed by atoms with E-state index in [9.17, 15) is 22.0 Å². The minimum absolute atomic E-state index is 0.00131. The van der Waals surface area contributed by atoms with Crippen molar-refractivity contribution in [3.63, 3.8) is 0 Å². The number of halogens is 7. The Kier molecular flexibility index (Phi) is 5.56. The molecule has 0 saturated heterocycles. The number of hydrogen-bond donors (Lipinski definition) is 0. The SMILES string of the molecule is C=Nc1c(SC(C)(F)F)c(C#N)nn1-c1c(Cl)cc(C(F)(F)F)cc1Cl. The van der Waals surface area contributed by atoms with Crippen molar-refractivity contribution in [2.45, 2.75) is 23.3 Å². The Labute approximate surface area is 158 Å². The predicted molar refractivity (Wildman–Crippen MR) is 89.0 cm³/mol. The van der Waals surface area contributed by atoms with Crippen molar-refractivity contribution in [1.29, 1.82) is 5.26 Å². The molecule has 12 heteroatoms. The lowest BCUT2D eigenvalue weighted by molar-refractivity contribution is -0.137. The maximum Gasteiger partial charge on any atom is 0.416 e. The first-order chi connectivity index (χ1) is 11.9. The average molecular weight is 429 g/mol. The molecule has 0 radical (unpaired) electrons. The second kappa shape index (κ2) is 7.06. The average Bonchev–Trinajstić information content (AvgIpc) is 2.81. The van der Waals surface area contributed by atoms with Crippen molar-refractivity contribution in [3.8, 4) is 11.8 Å². The highest BCUT2D eigenvalue weighted by atomic mass is 35.5. The van der Waals surface area contributed by atoms with Gasteiger partial charge in [0.25, 0.3) is 5.25 Å². The molecule has 0 bridgehead atoms. The highest BCUT2D eigenvalue weighted by molar-refractivity contribution is 8.00. The van der Waals surface area contributed by atoms with E-state index >= 15 is 0 Å². The fourth-order valence-corrected chi connectivity index (χ4v) is 3.40. The molecule has 4 nitrogen and oxygen atoms in total. The van der Waals surface area contributed by atoms with Gasteiger partial charge in [-0.15, -0.1) is 0 Å². The summed E-state index contributed by atoms with van der Waals surface area (Å²) in [6, 6.07) is 2.82. The molecule has 138 valence electrons. The van der Waals surface area contributed by atoms with Gasteiger partial charge in [0.1, 0.15) is 11.8 Å². The molecule has 0 aliphatic rings. The van der Waals surface area contributed by atoms with Crippen LogP contribution in [0.3, 0.4) is 0 Å². The predicted octanol–water partition coefficient (Wildman–Crippen LogP) is 6.11. The lowest BCUT2D eigenvalue weighted by Crippen LogP contribution is -2.07. The number of aromatic nitrogens is 2. The van der Waals surface area contributed by atoms with E-state index in [1.54, 1.807) is 6.07 Å². The van der Waals surface area contributed by atoms with E-state index in [1.165, 1.54) is 0 Å². The summed E-state index contributed by atoms with van der Waals surface area (Å²) in [5.74, 6) is -0.295. The first-order valence-electron chi connectivity index (χ1n) is 6.52. The summed E-state index contributed by atoms with van der Waals surface area (Å²) in [7, 11) is 0. The zero-order chi connectivity index (χ0) is 19.9. The molecule has 1 heterocycles. The van der Waals surface area contributed by atoms with Crippen LogP contribution in [0.5, 0.6) is 0 Å². The number of rotatable bonds is 4. The number of aliphatic imine (C=N–C) groups is 1. The van der Waals surface area contributed by atoms with Crippen molar-refractivity contribution in [2.75, 3.05) is 0 Å². The molecule has 0 spiro atoms. The van der Waals surface area contributed by atoms with Gasteiger partial charge in [-0.2, -0.15) is 32.3 Å². The Hall–Kier alpha value is -1.83. The third-order valence-electron chi connectivity index (χ3n) is 2.91. The number of thioether (sulfide) groups is 1. The van der Waals surface area contributed by atoms with E-state index in [2.05, 4.69) is 16.8 Å². The molecule has 1 aromatic carbocycles. The lowest BCUT2D eigenvalue weighted by Gasteiger charge is -2.13. The summed E-state index contributed by atoms with van der Waals surface area (Å²) in [5, 5.41) is 8.72. The van der Waals surface area contributed by atoms with Crippen molar-refractivity contribution >= 4 is 47.5 Å². The monoisotopic (exact) mass is 428 g/mol. The second-order valence-electron chi connectivity index (χ2n) is 4.88. The van der Waals surface area contributed by atoms with Crippen LogP contribution in [0.25, 0.3) is 5.69 Å². The highest BCUT2D eigenvalue weighted by Crippen LogP contribution is 2.45. The first kappa shape index (κ1) is 20.5. The fourth-order valence-electron chi connectivity index (χ4n) is 1.97. The maximum absolute atomic E-state index is 13.4. The number of hydrogen-bond acceptors (Lipinski definition) is 4. The van der Waals surface area contributed by atoms with Crippen LogP contribution >= 0.6 is 35.0 Å². The minimum atomic E-state index is -4.70. The van der Waals surface area contributed by atoms with Crippen LogP contribution < -0.4 is 0 Å². The van der Waals surface area contributed by atoms with Gasteiger partial charge < -0.3 is 0 Å². The van der Waals surface area contributed by atoms with E-state index < -0.39 is 32.7 Å². The van der Waals surface area contributed by atoms with Gasteiger partial charge in [-0.3, -0.25) is 0 Å². The maximum atomic E-state index is 13.4. The summed E-state index contributed by atoms with van der Waals surface area (Å²) in [4.78, 5) is 3.26. The van der Waals surface area contributed by atoms with Crippen molar-refractivity contribution in [2.24, 2.45) is 4.99 Å². The van der Waals surface area contributed by atoms with Gasteiger partial charge >= 0.3 is 6.18 Å². The van der Waals surface area contributed by atoms with Gasteiger partial charge in [0.2, 0.25) is 0 Å². The standard InChI is InChI=1S/C14H7Cl2F5N4S/c1-13(17,18)26-11-9(5-22)24-25(12(11)23-2)10-7(15)3-6(4-8(10)16)14(19,20)21/h3-4H,2H2,1H3. The minimum Gasteiger partial charge on any atom is -0.244 e. The number of benzene rings is 1. The Balaban J connectivity index is 2.74. The molecule has 0 saturated carbocycles. The van der Waals surface area contributed by atoms with Crippen LogP contribution in [0, 0.1) is 11.3 Å². The smallest absolute Gasteiger partial charge is 0.244 e. The summed E-state index contributed by atoms with van der Waals surface area (Å²) in [6.07, 6.45) is -4.70. The van der Waals surface area contributed by atoms with E-state index in [0.29, 0.717) is 19.1 Å². The normalized spacial score (nSPS) is 12.1. The zero-order valence-electron chi connectivity index (χ0n) is 12.7. The largest absolute Gasteiger partial charge is 0.416 e. The topological polar surface area (TPSA) is 54.0 Å². The van der Waals surface area contributed by atoms with Gasteiger partial charge in [-0.25, -0.2) is 9.67 Å². The van der Waals surface area contributed by atoms with E-state index in [0.717, 1.165) is 4.68 Å². The second-order valence-corrected chi connectivity index (χ2v) is 7.02. The quantitative estimate of drug-likeness (QED) is 0.335. The van der Waals surface area contributed by atoms with Crippen LogP contribution in [0.1, 0.15) is 18.2 Å². The Morgan fingerprint density at radius 2 is 1.77 bits per heavy atom.